The molecule has 0 radical (unpaired) electrons. The molecule has 0 aromatic heterocycles. The highest BCUT2D eigenvalue weighted by atomic mass is 28.2. The van der Waals surface area contributed by atoms with Gasteiger partial charge in [0.1, 0.15) is 0 Å². The van der Waals surface area contributed by atoms with Gasteiger partial charge in [0.2, 0.25) is 0 Å². The van der Waals surface area contributed by atoms with Crippen LogP contribution >= 0.6 is 0 Å². The average Bonchev–Trinajstić information content (AvgIpc) is 2.96. The lowest BCUT2D eigenvalue weighted by Gasteiger charge is -2.10. The molecule has 1 aliphatic rings. The molecule has 0 fully saturated rings. The Balaban J connectivity index is 1.79. The van der Waals surface area contributed by atoms with Gasteiger partial charge in [0.25, 0.3) is 0 Å². The summed E-state index contributed by atoms with van der Waals surface area (Å²) in [4.78, 5) is 0. The fraction of sp³-hybridized carbons (Fsp3) is 0.360. The molecule has 1 heteroatoms. The highest BCUT2D eigenvalue weighted by molar-refractivity contribution is 6.61. The third-order valence-electron chi connectivity index (χ3n) is 5.31. The first kappa shape index (κ1) is 18.9. The van der Waals surface area contributed by atoms with Gasteiger partial charge < -0.3 is 0 Å². The topological polar surface area (TPSA) is 0 Å². The maximum absolute atomic E-state index is 2.55. The molecule has 3 rings (SSSR count). The fourth-order valence-corrected chi connectivity index (χ4v) is 6.38. The summed E-state index contributed by atoms with van der Waals surface area (Å²) < 4.78 is 0. The van der Waals surface area contributed by atoms with Crippen LogP contribution in [0.2, 0.25) is 0 Å². The molecule has 0 saturated heterocycles. The summed E-state index contributed by atoms with van der Waals surface area (Å²) in [5.74, 6) is 0. The molecule has 2 aromatic carbocycles. The molecule has 0 amide bonds. The highest BCUT2D eigenvalue weighted by Crippen LogP contribution is 2.30. The average molecular weight is 361 g/mol. The quantitative estimate of drug-likeness (QED) is 0.430. The summed E-state index contributed by atoms with van der Waals surface area (Å²) in [6.07, 6.45) is 10.2. The summed E-state index contributed by atoms with van der Waals surface area (Å²) in [5, 5.41) is 3.37. The van der Waals surface area contributed by atoms with Crippen molar-refractivity contribution in [1.82, 2.24) is 0 Å². The van der Waals surface area contributed by atoms with Gasteiger partial charge in [0.15, 0.2) is 0 Å². The zero-order valence-electron chi connectivity index (χ0n) is 16.6. The SMILES string of the molecule is CCCCCC1=CC(Cc2ccccc2)=C([SiH2]c2cc(C)cc(C)c2)C1. The number of allylic oxidation sites excluding steroid dienone is 4. The zero-order chi connectivity index (χ0) is 18.4. The van der Waals surface area contributed by atoms with Crippen LogP contribution in [-0.2, 0) is 6.42 Å². The van der Waals surface area contributed by atoms with E-state index in [0.29, 0.717) is 0 Å². The monoisotopic (exact) mass is 360 g/mol. The van der Waals surface area contributed by atoms with Gasteiger partial charge in [-0.05, 0) is 50.7 Å². The van der Waals surface area contributed by atoms with E-state index >= 15 is 0 Å². The normalized spacial score (nSPS) is 14.5. The van der Waals surface area contributed by atoms with Crippen molar-refractivity contribution in [2.45, 2.75) is 59.3 Å². The van der Waals surface area contributed by atoms with Gasteiger partial charge in [-0.25, -0.2) is 0 Å². The Bertz CT molecular complexity index is 776. The molecule has 0 aliphatic heterocycles. The molecule has 0 N–H and O–H groups in total. The second-order valence-corrected chi connectivity index (χ2v) is 9.92. The smallest absolute Gasteiger partial charge is 0.0752 e. The van der Waals surface area contributed by atoms with Crippen molar-refractivity contribution in [1.29, 1.82) is 0 Å². The number of hydrogen-bond acceptors (Lipinski definition) is 0. The minimum Gasteiger partial charge on any atom is -0.0752 e. The van der Waals surface area contributed by atoms with Crippen molar-refractivity contribution in [2.75, 3.05) is 0 Å². The van der Waals surface area contributed by atoms with Crippen molar-refractivity contribution < 1.29 is 0 Å². The van der Waals surface area contributed by atoms with Gasteiger partial charge in [0.05, 0.1) is 9.52 Å². The largest absolute Gasteiger partial charge is 0.0832 e. The number of benzene rings is 2. The number of aryl methyl sites for hydroxylation is 2. The molecular weight excluding hydrogens is 328 g/mol. The first-order valence-electron chi connectivity index (χ1n) is 10.2. The number of hydrogen-bond donors (Lipinski definition) is 0. The molecule has 0 saturated carbocycles. The van der Waals surface area contributed by atoms with Crippen molar-refractivity contribution in [3.05, 3.63) is 87.6 Å². The molecule has 2 aromatic rings. The van der Waals surface area contributed by atoms with Gasteiger partial charge >= 0.3 is 0 Å². The second kappa shape index (κ2) is 9.18. The summed E-state index contributed by atoms with van der Waals surface area (Å²) in [6.45, 7) is 6.75. The maximum Gasteiger partial charge on any atom is 0.0832 e. The molecule has 0 bridgehead atoms. The maximum atomic E-state index is 2.55. The van der Waals surface area contributed by atoms with E-state index in [1.165, 1.54) is 48.8 Å². The van der Waals surface area contributed by atoms with Gasteiger partial charge in [0, 0.05) is 0 Å². The summed E-state index contributed by atoms with van der Waals surface area (Å²) in [5.41, 5.74) is 7.56. The molecule has 0 heterocycles. The Morgan fingerprint density at radius 2 is 1.65 bits per heavy atom. The van der Waals surface area contributed by atoms with Crippen molar-refractivity contribution in [3.63, 3.8) is 0 Å². The lowest BCUT2D eigenvalue weighted by Crippen LogP contribution is -2.18. The Hall–Kier alpha value is -1.86. The van der Waals surface area contributed by atoms with Crippen molar-refractivity contribution in [2.24, 2.45) is 0 Å². The van der Waals surface area contributed by atoms with E-state index < -0.39 is 0 Å². The van der Waals surface area contributed by atoms with Gasteiger partial charge in [-0.15, -0.1) is 0 Å². The van der Waals surface area contributed by atoms with Crippen LogP contribution in [0, 0.1) is 13.8 Å². The molecule has 0 nitrogen and oxygen atoms in total. The van der Waals surface area contributed by atoms with Crippen LogP contribution < -0.4 is 5.19 Å². The lowest BCUT2D eigenvalue weighted by atomic mass is 10.1. The number of unbranched alkanes of at least 4 members (excludes halogenated alkanes) is 2. The Morgan fingerprint density at radius 3 is 2.35 bits per heavy atom. The predicted octanol–water partition coefficient (Wildman–Crippen LogP) is 5.50. The van der Waals surface area contributed by atoms with E-state index in [0.717, 1.165) is 6.42 Å². The van der Waals surface area contributed by atoms with Crippen molar-refractivity contribution in [3.8, 4) is 0 Å². The Labute approximate surface area is 161 Å². The van der Waals surface area contributed by atoms with Crippen LogP contribution in [-0.4, -0.2) is 9.52 Å². The fourth-order valence-electron chi connectivity index (χ4n) is 4.14. The zero-order valence-corrected chi connectivity index (χ0v) is 18.1. The molecular formula is C25H32Si. The van der Waals surface area contributed by atoms with E-state index in [1.807, 2.05) is 0 Å². The van der Waals surface area contributed by atoms with Crippen LogP contribution in [0.15, 0.2) is 70.9 Å². The minimum atomic E-state index is -0.374. The molecule has 26 heavy (non-hydrogen) atoms. The van der Waals surface area contributed by atoms with Gasteiger partial charge in [-0.2, -0.15) is 0 Å². The van der Waals surface area contributed by atoms with Gasteiger partial charge in [-0.1, -0.05) is 101 Å². The molecule has 0 atom stereocenters. The highest BCUT2D eigenvalue weighted by Gasteiger charge is 2.17. The lowest BCUT2D eigenvalue weighted by molar-refractivity contribution is 0.708. The van der Waals surface area contributed by atoms with Crippen LogP contribution in [0.3, 0.4) is 0 Å². The Morgan fingerprint density at radius 1 is 0.923 bits per heavy atom. The molecule has 1 aliphatic carbocycles. The van der Waals surface area contributed by atoms with Crippen LogP contribution in [0.25, 0.3) is 0 Å². The minimum absolute atomic E-state index is 0.374. The molecule has 136 valence electrons. The first-order valence-corrected chi connectivity index (χ1v) is 11.6. The van der Waals surface area contributed by atoms with Crippen molar-refractivity contribution >= 4 is 14.7 Å². The van der Waals surface area contributed by atoms with Crippen LogP contribution in [0.5, 0.6) is 0 Å². The van der Waals surface area contributed by atoms with E-state index in [4.69, 9.17) is 0 Å². The summed E-state index contributed by atoms with van der Waals surface area (Å²) in [6, 6.07) is 18.1. The van der Waals surface area contributed by atoms with E-state index in [-0.39, 0.29) is 9.52 Å². The van der Waals surface area contributed by atoms with E-state index in [9.17, 15) is 0 Å². The molecule has 0 unspecified atom stereocenters. The predicted molar refractivity (Wildman–Crippen MR) is 118 cm³/mol. The standard InChI is InChI=1S/C25H32Si/c1-4-5-7-12-22-17-23(16-21-10-8-6-9-11-21)25(18-22)26-24-14-19(2)13-20(3)15-24/h6,8-11,13-15,17H,4-5,7,12,16,18,26H2,1-3H3. The van der Waals surface area contributed by atoms with E-state index in [2.05, 4.69) is 75.4 Å². The number of rotatable bonds is 8. The van der Waals surface area contributed by atoms with Crippen LogP contribution in [0.1, 0.15) is 55.7 Å². The summed E-state index contributed by atoms with van der Waals surface area (Å²) in [7, 11) is -0.374. The third-order valence-corrected chi connectivity index (χ3v) is 7.26. The third kappa shape index (κ3) is 5.31. The summed E-state index contributed by atoms with van der Waals surface area (Å²) >= 11 is 0. The van der Waals surface area contributed by atoms with Crippen LogP contribution in [0.4, 0.5) is 0 Å². The van der Waals surface area contributed by atoms with E-state index in [1.54, 1.807) is 21.5 Å². The molecule has 0 spiro atoms. The van der Waals surface area contributed by atoms with Gasteiger partial charge in [-0.3, -0.25) is 0 Å². The Kier molecular flexibility index (Phi) is 6.68. The second-order valence-electron chi connectivity index (χ2n) is 7.90. The first-order chi connectivity index (χ1) is 12.6.